The number of carbonyl (C=O) groups is 2. The molecule has 0 spiro atoms. The minimum Gasteiger partial charge on any atom is -0.496 e. The summed E-state index contributed by atoms with van der Waals surface area (Å²) in [6.45, 7) is 0.419. The monoisotopic (exact) mass is 442 g/mol. The minimum atomic E-state index is -1.01. The summed E-state index contributed by atoms with van der Waals surface area (Å²) in [6, 6.07) is 10.2. The van der Waals surface area contributed by atoms with Crippen molar-refractivity contribution in [3.05, 3.63) is 58.7 Å². The number of rotatable bonds is 6. The summed E-state index contributed by atoms with van der Waals surface area (Å²) in [6.07, 6.45) is 5.34. The summed E-state index contributed by atoms with van der Waals surface area (Å²) < 4.78 is 12.8. The molecule has 1 saturated carbocycles. The van der Waals surface area contributed by atoms with Gasteiger partial charge >= 0.3 is 12.1 Å². The molecule has 1 aliphatic carbocycles. The van der Waals surface area contributed by atoms with Crippen molar-refractivity contribution < 1.29 is 24.2 Å². The van der Waals surface area contributed by atoms with Crippen LogP contribution in [0.5, 0.6) is 5.75 Å². The molecule has 1 heterocycles. The first-order valence-corrected chi connectivity index (χ1v) is 10.5. The molecule has 1 fully saturated rings. The van der Waals surface area contributed by atoms with Gasteiger partial charge in [0.05, 0.1) is 29.8 Å². The number of ether oxygens (including phenoxy) is 2. The Morgan fingerprint density at radius 2 is 1.97 bits per heavy atom. The van der Waals surface area contributed by atoms with E-state index in [2.05, 4.69) is 5.32 Å². The Kier molecular flexibility index (Phi) is 6.04. The molecular formula is C23H23ClN2O5. The van der Waals surface area contributed by atoms with Crippen LogP contribution >= 0.6 is 11.6 Å². The van der Waals surface area contributed by atoms with E-state index in [1.165, 1.54) is 13.2 Å². The van der Waals surface area contributed by atoms with Gasteiger partial charge in [-0.3, -0.25) is 5.32 Å². The van der Waals surface area contributed by atoms with Gasteiger partial charge in [-0.15, -0.1) is 0 Å². The number of nitrogens with zero attached hydrogens (tertiary/aromatic N) is 1. The second-order valence-electron chi connectivity index (χ2n) is 7.61. The van der Waals surface area contributed by atoms with E-state index in [0.717, 1.165) is 42.1 Å². The average Bonchev–Trinajstić information content (AvgIpc) is 3.36. The SMILES string of the molecule is COc1cc(C(=O)O)ccc1Cn1cc(Cl)c2ccc(NC(=O)OC3CCCC3)cc21. The molecule has 7 nitrogen and oxygen atoms in total. The van der Waals surface area contributed by atoms with Gasteiger partial charge in [-0.1, -0.05) is 17.7 Å². The number of aromatic carboxylic acids is 1. The van der Waals surface area contributed by atoms with Crippen molar-refractivity contribution in [2.45, 2.75) is 38.3 Å². The van der Waals surface area contributed by atoms with Gasteiger partial charge in [0.1, 0.15) is 11.9 Å². The van der Waals surface area contributed by atoms with Crippen LogP contribution in [0.15, 0.2) is 42.6 Å². The lowest BCUT2D eigenvalue weighted by molar-refractivity contribution is 0.0696. The Bertz CT molecular complexity index is 1130. The molecule has 2 N–H and O–H groups in total. The summed E-state index contributed by atoms with van der Waals surface area (Å²) in [5.74, 6) is -0.535. The van der Waals surface area contributed by atoms with E-state index in [0.29, 0.717) is 23.0 Å². The van der Waals surface area contributed by atoms with Gasteiger partial charge in [-0.2, -0.15) is 0 Å². The number of carbonyl (C=O) groups excluding carboxylic acids is 1. The van der Waals surface area contributed by atoms with Crippen LogP contribution in [-0.4, -0.2) is 34.9 Å². The van der Waals surface area contributed by atoms with Crippen molar-refractivity contribution in [2.24, 2.45) is 0 Å². The van der Waals surface area contributed by atoms with Crippen LogP contribution in [-0.2, 0) is 11.3 Å². The molecule has 3 aromatic rings. The largest absolute Gasteiger partial charge is 0.496 e. The zero-order valence-corrected chi connectivity index (χ0v) is 17.8. The number of hydrogen-bond donors (Lipinski definition) is 2. The third-order valence-electron chi connectivity index (χ3n) is 5.53. The number of methoxy groups -OCH3 is 1. The second-order valence-corrected chi connectivity index (χ2v) is 8.01. The smallest absolute Gasteiger partial charge is 0.411 e. The molecule has 0 radical (unpaired) electrons. The zero-order valence-electron chi connectivity index (χ0n) is 17.1. The van der Waals surface area contributed by atoms with Crippen molar-refractivity contribution in [1.29, 1.82) is 0 Å². The number of aromatic nitrogens is 1. The van der Waals surface area contributed by atoms with Crippen molar-refractivity contribution in [2.75, 3.05) is 12.4 Å². The van der Waals surface area contributed by atoms with Crippen molar-refractivity contribution in [3.8, 4) is 5.75 Å². The molecule has 162 valence electrons. The number of nitrogens with one attached hydrogen (secondary N) is 1. The molecule has 1 aliphatic rings. The van der Waals surface area contributed by atoms with Crippen molar-refractivity contribution in [3.63, 3.8) is 0 Å². The van der Waals surface area contributed by atoms with Gasteiger partial charge in [0.2, 0.25) is 0 Å². The number of carboxylic acids is 1. The normalized spacial score (nSPS) is 14.0. The van der Waals surface area contributed by atoms with Crippen LogP contribution in [0.25, 0.3) is 10.9 Å². The summed E-state index contributed by atoms with van der Waals surface area (Å²) in [5.41, 5.74) is 2.40. The molecule has 1 aromatic heterocycles. The number of amides is 1. The van der Waals surface area contributed by atoms with Crippen LogP contribution in [0.3, 0.4) is 0 Å². The highest BCUT2D eigenvalue weighted by Gasteiger charge is 2.19. The number of fused-ring (bicyclic) bond motifs is 1. The predicted octanol–water partition coefficient (Wildman–Crippen LogP) is 5.54. The number of carboxylic acid groups (broad SMARTS) is 1. The zero-order chi connectivity index (χ0) is 22.0. The van der Waals surface area contributed by atoms with E-state index in [4.69, 9.17) is 21.1 Å². The number of halogens is 1. The minimum absolute atomic E-state index is 0.0109. The molecule has 8 heteroatoms. The summed E-state index contributed by atoms with van der Waals surface area (Å²) in [4.78, 5) is 23.5. The maximum atomic E-state index is 12.2. The fourth-order valence-corrected chi connectivity index (χ4v) is 4.23. The van der Waals surface area contributed by atoms with E-state index in [1.54, 1.807) is 24.4 Å². The topological polar surface area (TPSA) is 89.8 Å². The highest BCUT2D eigenvalue weighted by atomic mass is 35.5. The summed E-state index contributed by atoms with van der Waals surface area (Å²) >= 11 is 6.41. The van der Waals surface area contributed by atoms with Crippen LogP contribution in [0.1, 0.15) is 41.6 Å². The third-order valence-corrected chi connectivity index (χ3v) is 5.83. The van der Waals surface area contributed by atoms with Gasteiger partial charge in [-0.05, 0) is 56.0 Å². The van der Waals surface area contributed by atoms with E-state index in [1.807, 2.05) is 16.7 Å². The van der Waals surface area contributed by atoms with Crippen molar-refractivity contribution in [1.82, 2.24) is 4.57 Å². The molecule has 31 heavy (non-hydrogen) atoms. The van der Waals surface area contributed by atoms with Gasteiger partial charge < -0.3 is 19.1 Å². The number of benzene rings is 2. The van der Waals surface area contributed by atoms with Gasteiger partial charge in [0.25, 0.3) is 0 Å². The van der Waals surface area contributed by atoms with E-state index < -0.39 is 12.1 Å². The molecule has 0 saturated heterocycles. The fourth-order valence-electron chi connectivity index (χ4n) is 3.95. The lowest BCUT2D eigenvalue weighted by atomic mass is 10.1. The molecule has 0 unspecified atom stereocenters. The van der Waals surface area contributed by atoms with Crippen LogP contribution in [0.2, 0.25) is 5.02 Å². The molecule has 0 aliphatic heterocycles. The van der Waals surface area contributed by atoms with Crippen LogP contribution in [0, 0.1) is 0 Å². The number of hydrogen-bond acceptors (Lipinski definition) is 4. The Morgan fingerprint density at radius 1 is 1.19 bits per heavy atom. The number of anilines is 1. The molecule has 0 atom stereocenters. The molecule has 2 aromatic carbocycles. The summed E-state index contributed by atoms with van der Waals surface area (Å²) in [7, 11) is 1.50. The molecule has 1 amide bonds. The van der Waals surface area contributed by atoms with E-state index in [-0.39, 0.29) is 11.7 Å². The van der Waals surface area contributed by atoms with Crippen molar-refractivity contribution >= 4 is 40.3 Å². The maximum absolute atomic E-state index is 12.2. The Labute approximate surface area is 184 Å². The van der Waals surface area contributed by atoms with Crippen LogP contribution in [0.4, 0.5) is 10.5 Å². The Morgan fingerprint density at radius 3 is 2.68 bits per heavy atom. The predicted molar refractivity (Wildman–Crippen MR) is 118 cm³/mol. The average molecular weight is 443 g/mol. The fraction of sp³-hybridized carbons (Fsp3) is 0.304. The van der Waals surface area contributed by atoms with Gasteiger partial charge in [0.15, 0.2) is 0 Å². The maximum Gasteiger partial charge on any atom is 0.411 e. The third kappa shape index (κ3) is 4.61. The second kappa shape index (κ2) is 8.89. The highest BCUT2D eigenvalue weighted by molar-refractivity contribution is 6.35. The van der Waals surface area contributed by atoms with Crippen LogP contribution < -0.4 is 10.1 Å². The van der Waals surface area contributed by atoms with E-state index in [9.17, 15) is 14.7 Å². The van der Waals surface area contributed by atoms with Gasteiger partial charge in [0, 0.05) is 22.8 Å². The highest BCUT2D eigenvalue weighted by Crippen LogP contribution is 2.31. The Hall–Kier alpha value is -3.19. The molecule has 4 rings (SSSR count). The standard InChI is InChI=1S/C23H23ClN2O5/c1-30-21-10-14(22(27)28)6-7-15(21)12-26-13-19(24)18-9-8-16(11-20(18)26)25-23(29)31-17-4-2-3-5-17/h6-11,13,17H,2-5,12H2,1H3,(H,25,29)(H,27,28). The lowest BCUT2D eigenvalue weighted by Crippen LogP contribution is -2.20. The first kappa shape index (κ1) is 21.1. The summed E-state index contributed by atoms with van der Waals surface area (Å²) in [5, 5.41) is 13.4. The molecule has 0 bridgehead atoms. The lowest BCUT2D eigenvalue weighted by Gasteiger charge is -2.13. The van der Waals surface area contributed by atoms with Gasteiger partial charge in [-0.25, -0.2) is 9.59 Å². The first-order valence-electron chi connectivity index (χ1n) is 10.1. The first-order chi connectivity index (χ1) is 14.9. The van der Waals surface area contributed by atoms with E-state index >= 15 is 0 Å². The quantitative estimate of drug-likeness (QED) is 0.523. The Balaban J connectivity index is 1.59. The molecular weight excluding hydrogens is 420 g/mol.